The molecule has 0 N–H and O–H groups in total. The predicted octanol–water partition coefficient (Wildman–Crippen LogP) is 2.01. The van der Waals surface area contributed by atoms with E-state index < -0.39 is 11.6 Å². The van der Waals surface area contributed by atoms with Gasteiger partial charge in [-0.25, -0.2) is 4.79 Å². The third-order valence-electron chi connectivity index (χ3n) is 3.59. The lowest BCUT2D eigenvalue weighted by Crippen LogP contribution is -2.40. The van der Waals surface area contributed by atoms with E-state index in [9.17, 15) is 9.59 Å². The fraction of sp³-hybridized carbons (Fsp3) is 0.667. The van der Waals surface area contributed by atoms with Gasteiger partial charge in [-0.05, 0) is 19.3 Å². The number of rotatable bonds is 2. The summed E-state index contributed by atoms with van der Waals surface area (Å²) in [6.07, 6.45) is 6.23. The third-order valence-corrected chi connectivity index (χ3v) is 3.59. The smallest absolute Gasteiger partial charge is 0.330 e. The van der Waals surface area contributed by atoms with Crippen LogP contribution in [0.5, 0.6) is 0 Å². The normalized spacial score (nSPS) is 34.7. The number of ether oxygens (including phenoxy) is 1. The summed E-state index contributed by atoms with van der Waals surface area (Å²) in [6.45, 7) is 3.40. The van der Waals surface area contributed by atoms with E-state index >= 15 is 0 Å². The molecule has 3 heteroatoms. The number of hydrogen-bond acceptors (Lipinski definition) is 3. The first-order valence-electron chi connectivity index (χ1n) is 5.53. The zero-order chi connectivity index (χ0) is 10.9. The first-order valence-corrected chi connectivity index (χ1v) is 5.53. The molecule has 0 aromatic carbocycles. The van der Waals surface area contributed by atoms with E-state index in [0.717, 1.165) is 25.7 Å². The molecule has 0 aromatic rings. The molecule has 0 spiro atoms. The van der Waals surface area contributed by atoms with Gasteiger partial charge in [0.2, 0.25) is 0 Å². The zero-order valence-corrected chi connectivity index (χ0v) is 8.83. The van der Waals surface area contributed by atoms with Crippen LogP contribution < -0.4 is 0 Å². The highest BCUT2D eigenvalue weighted by Crippen LogP contribution is 2.46. The van der Waals surface area contributed by atoms with Crippen molar-refractivity contribution in [3.05, 3.63) is 12.7 Å². The number of fused-ring (bicyclic) bond motifs is 1. The van der Waals surface area contributed by atoms with Crippen LogP contribution in [0.15, 0.2) is 12.7 Å². The second-order valence-corrected chi connectivity index (χ2v) is 4.55. The lowest BCUT2D eigenvalue weighted by atomic mass is 9.77. The lowest BCUT2D eigenvalue weighted by Gasteiger charge is -2.37. The van der Waals surface area contributed by atoms with E-state index in [0.29, 0.717) is 12.8 Å². The molecule has 2 rings (SSSR count). The fourth-order valence-corrected chi connectivity index (χ4v) is 2.90. The number of hydrogen-bond donors (Lipinski definition) is 0. The predicted molar refractivity (Wildman–Crippen MR) is 55.2 cm³/mol. The topological polar surface area (TPSA) is 43.4 Å². The second kappa shape index (κ2) is 3.80. The molecule has 0 aromatic heterocycles. The first-order chi connectivity index (χ1) is 7.16. The largest absolute Gasteiger partial charge is 0.455 e. The highest BCUT2D eigenvalue weighted by atomic mass is 16.6. The van der Waals surface area contributed by atoms with Crippen molar-refractivity contribution in [3.8, 4) is 0 Å². The van der Waals surface area contributed by atoms with Crippen LogP contribution in [-0.2, 0) is 14.3 Å². The summed E-state index contributed by atoms with van der Waals surface area (Å²) in [7, 11) is 0. The molecular weight excluding hydrogens is 192 g/mol. The second-order valence-electron chi connectivity index (χ2n) is 4.55. The average molecular weight is 208 g/mol. The van der Waals surface area contributed by atoms with Crippen LogP contribution in [-0.4, -0.2) is 17.4 Å². The van der Waals surface area contributed by atoms with Crippen molar-refractivity contribution in [2.24, 2.45) is 5.92 Å². The van der Waals surface area contributed by atoms with Crippen molar-refractivity contribution in [3.63, 3.8) is 0 Å². The van der Waals surface area contributed by atoms with Gasteiger partial charge in [0, 0.05) is 24.8 Å². The van der Waals surface area contributed by atoms with Crippen LogP contribution in [0.2, 0.25) is 0 Å². The molecule has 2 saturated carbocycles. The van der Waals surface area contributed by atoms with Gasteiger partial charge >= 0.3 is 5.97 Å². The molecule has 2 aliphatic carbocycles. The number of esters is 1. The van der Waals surface area contributed by atoms with Crippen molar-refractivity contribution in [1.82, 2.24) is 0 Å². The van der Waals surface area contributed by atoms with Crippen LogP contribution in [0.4, 0.5) is 0 Å². The molecular formula is C12H16O3. The fourth-order valence-electron chi connectivity index (χ4n) is 2.90. The molecule has 0 heterocycles. The van der Waals surface area contributed by atoms with E-state index in [1.54, 1.807) is 0 Å². The minimum atomic E-state index is -0.486. The SMILES string of the molecule is C=CC(=O)OC12CCCCC1CC(=O)C2. The zero-order valence-electron chi connectivity index (χ0n) is 8.83. The standard InChI is InChI=1S/C12H16O3/c1-2-11(14)15-12-6-4-3-5-9(12)7-10(13)8-12/h2,9H,1,3-8H2. The van der Waals surface area contributed by atoms with Crippen molar-refractivity contribution in [2.45, 2.75) is 44.1 Å². The van der Waals surface area contributed by atoms with Crippen molar-refractivity contribution < 1.29 is 14.3 Å². The van der Waals surface area contributed by atoms with Crippen LogP contribution in [0.1, 0.15) is 38.5 Å². The Hall–Kier alpha value is -1.12. The Morgan fingerprint density at radius 1 is 1.53 bits per heavy atom. The van der Waals surface area contributed by atoms with Crippen LogP contribution in [0.3, 0.4) is 0 Å². The maximum absolute atomic E-state index is 11.5. The Bertz CT molecular complexity index is 308. The molecule has 2 unspecified atom stereocenters. The molecule has 2 fully saturated rings. The molecule has 0 radical (unpaired) electrons. The van der Waals surface area contributed by atoms with E-state index in [-0.39, 0.29) is 11.7 Å². The van der Waals surface area contributed by atoms with Gasteiger partial charge < -0.3 is 4.74 Å². The Labute approximate surface area is 89.5 Å². The van der Waals surface area contributed by atoms with Gasteiger partial charge in [-0.2, -0.15) is 0 Å². The van der Waals surface area contributed by atoms with Crippen molar-refractivity contribution in [2.75, 3.05) is 0 Å². The van der Waals surface area contributed by atoms with Crippen LogP contribution in [0.25, 0.3) is 0 Å². The lowest BCUT2D eigenvalue weighted by molar-refractivity contribution is -0.161. The van der Waals surface area contributed by atoms with E-state index in [1.165, 1.54) is 6.08 Å². The molecule has 0 saturated heterocycles. The monoisotopic (exact) mass is 208 g/mol. The van der Waals surface area contributed by atoms with Gasteiger partial charge in [0.15, 0.2) is 0 Å². The Kier molecular flexibility index (Phi) is 2.63. The van der Waals surface area contributed by atoms with E-state index in [4.69, 9.17) is 4.74 Å². The summed E-state index contributed by atoms with van der Waals surface area (Å²) < 4.78 is 5.44. The molecule has 0 amide bonds. The quantitative estimate of drug-likeness (QED) is 0.515. The molecule has 0 bridgehead atoms. The van der Waals surface area contributed by atoms with Crippen LogP contribution >= 0.6 is 0 Å². The van der Waals surface area contributed by atoms with Gasteiger partial charge in [-0.3, -0.25) is 4.79 Å². The van der Waals surface area contributed by atoms with Crippen LogP contribution in [0, 0.1) is 5.92 Å². The summed E-state index contributed by atoms with van der Waals surface area (Å²) in [4.78, 5) is 22.7. The molecule has 2 aliphatic rings. The number of Topliss-reactive ketones (excluding diaryl/α,β-unsaturated/α-hetero) is 1. The molecule has 0 aliphatic heterocycles. The number of carbonyl (C=O) groups excluding carboxylic acids is 2. The van der Waals surface area contributed by atoms with Gasteiger partial charge in [-0.1, -0.05) is 13.0 Å². The van der Waals surface area contributed by atoms with Crippen molar-refractivity contribution >= 4 is 11.8 Å². The van der Waals surface area contributed by atoms with Crippen molar-refractivity contribution in [1.29, 1.82) is 0 Å². The maximum Gasteiger partial charge on any atom is 0.330 e. The van der Waals surface area contributed by atoms with E-state index in [2.05, 4.69) is 6.58 Å². The summed E-state index contributed by atoms with van der Waals surface area (Å²) in [6, 6.07) is 0. The molecule has 3 nitrogen and oxygen atoms in total. The summed E-state index contributed by atoms with van der Waals surface area (Å²) in [5.41, 5.74) is -0.486. The Balaban J connectivity index is 2.17. The van der Waals surface area contributed by atoms with Gasteiger partial charge in [0.25, 0.3) is 0 Å². The van der Waals surface area contributed by atoms with Gasteiger partial charge in [0.1, 0.15) is 11.4 Å². The summed E-state index contributed by atoms with van der Waals surface area (Å²) in [5, 5.41) is 0. The van der Waals surface area contributed by atoms with Gasteiger partial charge in [-0.15, -0.1) is 0 Å². The third kappa shape index (κ3) is 1.83. The highest BCUT2D eigenvalue weighted by Gasteiger charge is 2.50. The minimum absolute atomic E-state index is 0.235. The highest BCUT2D eigenvalue weighted by molar-refractivity contribution is 5.85. The summed E-state index contributed by atoms with van der Waals surface area (Å²) in [5.74, 6) is 0.0954. The Morgan fingerprint density at radius 3 is 3.07 bits per heavy atom. The average Bonchev–Trinajstić information content (AvgIpc) is 2.53. The van der Waals surface area contributed by atoms with E-state index in [1.807, 2.05) is 0 Å². The van der Waals surface area contributed by atoms with Gasteiger partial charge in [0.05, 0.1) is 0 Å². The number of ketones is 1. The number of carbonyl (C=O) groups is 2. The summed E-state index contributed by atoms with van der Waals surface area (Å²) >= 11 is 0. The maximum atomic E-state index is 11.5. The molecule has 15 heavy (non-hydrogen) atoms. The first kappa shape index (κ1) is 10.4. The Morgan fingerprint density at radius 2 is 2.33 bits per heavy atom. The molecule has 82 valence electrons. The molecule has 2 atom stereocenters. The minimum Gasteiger partial charge on any atom is -0.455 e.